The molecule has 1 aromatic carbocycles. The van der Waals surface area contributed by atoms with Gasteiger partial charge in [-0.15, -0.1) is 0 Å². The molecule has 0 amide bonds. The van der Waals surface area contributed by atoms with Gasteiger partial charge in [0.15, 0.2) is 12.5 Å². The second kappa shape index (κ2) is 4.32. The van der Waals surface area contributed by atoms with E-state index in [-0.39, 0.29) is 17.5 Å². The molecule has 19 heavy (non-hydrogen) atoms. The van der Waals surface area contributed by atoms with Crippen LogP contribution in [0.3, 0.4) is 0 Å². The number of nitro benzene ring substituents is 1. The molecule has 0 spiro atoms. The maximum absolute atomic E-state index is 13.7. The lowest BCUT2D eigenvalue weighted by Gasteiger charge is -2.35. The van der Waals surface area contributed by atoms with Crippen LogP contribution >= 0.6 is 0 Å². The predicted octanol–water partition coefficient (Wildman–Crippen LogP) is 3.50. The van der Waals surface area contributed by atoms with Crippen LogP contribution in [0.25, 0.3) is 0 Å². The standard InChI is InChI=1S/C14H19BFNO2/c1-13(2)8-15(9-14(13,3)4)10-5-6-12(17(18)19)11(16)7-10/h5-7H,8-9H2,1-4H3. The van der Waals surface area contributed by atoms with Crippen LogP contribution in [-0.4, -0.2) is 11.6 Å². The lowest BCUT2D eigenvalue weighted by atomic mass is 9.42. The van der Waals surface area contributed by atoms with Gasteiger partial charge >= 0.3 is 5.69 Å². The van der Waals surface area contributed by atoms with E-state index in [4.69, 9.17) is 0 Å². The third-order valence-electron chi connectivity index (χ3n) is 4.99. The molecule has 0 bridgehead atoms. The van der Waals surface area contributed by atoms with E-state index < -0.39 is 16.4 Å². The van der Waals surface area contributed by atoms with Gasteiger partial charge in [0.2, 0.25) is 0 Å². The highest BCUT2D eigenvalue weighted by atomic mass is 19.1. The summed E-state index contributed by atoms with van der Waals surface area (Å²) in [6.07, 6.45) is 1.97. The Balaban J connectivity index is 2.31. The van der Waals surface area contributed by atoms with Crippen LogP contribution < -0.4 is 5.46 Å². The highest BCUT2D eigenvalue weighted by Gasteiger charge is 2.48. The summed E-state index contributed by atoms with van der Waals surface area (Å²) in [7, 11) is 0. The minimum absolute atomic E-state index is 0.190. The first-order chi connectivity index (χ1) is 8.64. The molecular formula is C14H19BFNO2. The van der Waals surface area contributed by atoms with Crippen molar-refractivity contribution in [2.75, 3.05) is 0 Å². The van der Waals surface area contributed by atoms with Gasteiger partial charge in [0.25, 0.3) is 0 Å². The van der Waals surface area contributed by atoms with E-state index in [9.17, 15) is 14.5 Å². The molecule has 2 rings (SSSR count). The fraction of sp³-hybridized carbons (Fsp3) is 0.571. The normalized spacial score (nSPS) is 20.6. The summed E-state index contributed by atoms with van der Waals surface area (Å²) < 4.78 is 13.7. The molecule has 1 aliphatic heterocycles. The fourth-order valence-electron chi connectivity index (χ4n) is 3.02. The Morgan fingerprint density at radius 3 is 2.16 bits per heavy atom. The molecular weight excluding hydrogens is 244 g/mol. The van der Waals surface area contributed by atoms with Crippen molar-refractivity contribution in [1.82, 2.24) is 0 Å². The number of nitro groups is 1. The summed E-state index contributed by atoms with van der Waals surface area (Å²) in [4.78, 5) is 9.95. The van der Waals surface area contributed by atoms with Crippen molar-refractivity contribution in [3.05, 3.63) is 34.1 Å². The molecule has 0 unspecified atom stereocenters. The summed E-state index contributed by atoms with van der Waals surface area (Å²) in [6, 6.07) is 4.31. The molecule has 0 saturated carbocycles. The van der Waals surface area contributed by atoms with E-state index in [1.165, 1.54) is 12.1 Å². The summed E-state index contributed by atoms with van der Waals surface area (Å²) in [6.45, 7) is 9.20. The first-order valence-corrected chi connectivity index (χ1v) is 6.58. The van der Waals surface area contributed by atoms with Crippen LogP contribution in [0, 0.1) is 26.8 Å². The summed E-state index contributed by atoms with van der Waals surface area (Å²) in [5.41, 5.74) is 0.813. The zero-order chi connectivity index (χ0) is 14.4. The zero-order valence-electron chi connectivity index (χ0n) is 11.9. The molecule has 1 fully saturated rings. The largest absolute Gasteiger partial charge is 0.304 e. The van der Waals surface area contributed by atoms with Crippen LogP contribution in [0.4, 0.5) is 10.1 Å². The van der Waals surface area contributed by atoms with E-state index in [0.29, 0.717) is 0 Å². The number of nitrogens with zero attached hydrogens (tertiary/aromatic N) is 1. The van der Waals surface area contributed by atoms with E-state index in [2.05, 4.69) is 27.7 Å². The maximum atomic E-state index is 13.7. The van der Waals surface area contributed by atoms with Crippen LogP contribution in [0.15, 0.2) is 18.2 Å². The van der Waals surface area contributed by atoms with Crippen molar-refractivity contribution in [1.29, 1.82) is 0 Å². The molecule has 1 aliphatic rings. The van der Waals surface area contributed by atoms with Gasteiger partial charge < -0.3 is 0 Å². The number of hydrogen-bond acceptors (Lipinski definition) is 2. The van der Waals surface area contributed by atoms with Crippen LogP contribution in [0.2, 0.25) is 12.6 Å². The second-order valence-corrected chi connectivity index (χ2v) is 6.84. The van der Waals surface area contributed by atoms with Gasteiger partial charge in [-0.3, -0.25) is 10.1 Å². The summed E-state index contributed by atoms with van der Waals surface area (Å²) >= 11 is 0. The monoisotopic (exact) mass is 263 g/mol. The van der Waals surface area contributed by atoms with E-state index in [1.54, 1.807) is 6.07 Å². The van der Waals surface area contributed by atoms with Crippen molar-refractivity contribution < 1.29 is 9.31 Å². The van der Waals surface area contributed by atoms with Gasteiger partial charge in [-0.05, 0) is 16.9 Å². The molecule has 0 N–H and O–H groups in total. The Morgan fingerprint density at radius 2 is 1.74 bits per heavy atom. The molecule has 0 aromatic heterocycles. The molecule has 5 heteroatoms. The predicted molar refractivity (Wildman–Crippen MR) is 75.6 cm³/mol. The van der Waals surface area contributed by atoms with Crippen molar-refractivity contribution in [2.24, 2.45) is 10.8 Å². The number of hydrogen-bond donors (Lipinski definition) is 0. The smallest absolute Gasteiger partial charge is 0.258 e. The minimum atomic E-state index is -0.731. The Kier molecular flexibility index (Phi) is 3.19. The molecule has 0 atom stereocenters. The van der Waals surface area contributed by atoms with E-state index in [1.807, 2.05) is 0 Å². The number of halogens is 1. The Bertz CT molecular complexity index is 512. The molecule has 1 aromatic rings. The van der Waals surface area contributed by atoms with E-state index in [0.717, 1.165) is 18.1 Å². The van der Waals surface area contributed by atoms with Crippen molar-refractivity contribution in [2.45, 2.75) is 40.3 Å². The Morgan fingerprint density at radius 1 is 1.21 bits per heavy atom. The molecule has 0 radical (unpaired) electrons. The van der Waals surface area contributed by atoms with Crippen LogP contribution in [0.1, 0.15) is 27.7 Å². The molecule has 102 valence electrons. The lowest BCUT2D eigenvalue weighted by molar-refractivity contribution is -0.387. The fourth-order valence-corrected chi connectivity index (χ4v) is 3.02. The SMILES string of the molecule is CC1(C)CB(c2ccc([N+](=O)[O-])c(F)c2)CC1(C)C. The number of benzene rings is 1. The summed E-state index contributed by atoms with van der Waals surface area (Å²) in [5.74, 6) is -0.731. The van der Waals surface area contributed by atoms with Crippen molar-refractivity contribution in [3.63, 3.8) is 0 Å². The first kappa shape index (κ1) is 14.0. The molecule has 3 nitrogen and oxygen atoms in total. The minimum Gasteiger partial charge on any atom is -0.258 e. The average molecular weight is 263 g/mol. The van der Waals surface area contributed by atoms with Crippen molar-refractivity contribution >= 4 is 17.9 Å². The third-order valence-corrected chi connectivity index (χ3v) is 4.99. The van der Waals surface area contributed by atoms with Crippen LogP contribution in [0.5, 0.6) is 0 Å². The number of rotatable bonds is 2. The molecule has 0 aliphatic carbocycles. The van der Waals surface area contributed by atoms with Gasteiger partial charge in [0.1, 0.15) is 0 Å². The van der Waals surface area contributed by atoms with Gasteiger partial charge in [-0.1, -0.05) is 51.9 Å². The van der Waals surface area contributed by atoms with Gasteiger partial charge in [-0.2, -0.15) is 4.39 Å². The average Bonchev–Trinajstić information content (AvgIpc) is 2.47. The van der Waals surface area contributed by atoms with Gasteiger partial charge in [-0.25, -0.2) is 0 Å². The van der Waals surface area contributed by atoms with Crippen molar-refractivity contribution in [3.8, 4) is 0 Å². The zero-order valence-corrected chi connectivity index (χ0v) is 11.9. The second-order valence-electron chi connectivity index (χ2n) is 6.84. The molecule has 1 heterocycles. The maximum Gasteiger partial charge on any atom is 0.304 e. The molecule has 1 saturated heterocycles. The van der Waals surface area contributed by atoms with E-state index >= 15 is 0 Å². The Hall–Kier alpha value is -1.39. The third kappa shape index (κ3) is 2.38. The Labute approximate surface area is 113 Å². The van der Waals surface area contributed by atoms with Crippen LogP contribution in [-0.2, 0) is 0 Å². The topological polar surface area (TPSA) is 43.1 Å². The van der Waals surface area contributed by atoms with Gasteiger partial charge in [0, 0.05) is 6.07 Å². The highest BCUT2D eigenvalue weighted by molar-refractivity contribution is 6.74. The quantitative estimate of drug-likeness (QED) is 0.465. The first-order valence-electron chi connectivity index (χ1n) is 6.58. The highest BCUT2D eigenvalue weighted by Crippen LogP contribution is 2.52. The van der Waals surface area contributed by atoms with Gasteiger partial charge in [0.05, 0.1) is 4.92 Å². The summed E-state index contributed by atoms with van der Waals surface area (Å²) in [5, 5.41) is 10.6. The lowest BCUT2D eigenvalue weighted by Crippen LogP contribution is -2.28.